The average molecular weight is 615 g/mol. The van der Waals surface area contributed by atoms with Crippen LogP contribution >= 0.6 is 15.9 Å². The van der Waals surface area contributed by atoms with Crippen LogP contribution in [0.1, 0.15) is 29.0 Å². The van der Waals surface area contributed by atoms with Crippen molar-refractivity contribution in [2.45, 2.75) is 17.9 Å². The van der Waals surface area contributed by atoms with Gasteiger partial charge in [-0.05, 0) is 68.0 Å². The van der Waals surface area contributed by atoms with E-state index in [1.54, 1.807) is 24.3 Å². The standard InChI is InChI=1S/C30H33BrFN3O5/c1-35(2)12-11-30(36,20-16-26(38-4)34-27(17-20)39-5)28(18-7-10-25(37-3)23(32)15-18)22-14-19-13-21(31)8-9-24(19)33-29(22)40-6/h7-10,13-17,28,36H,11-12H2,1-6H3. The van der Waals surface area contributed by atoms with Gasteiger partial charge in [0.15, 0.2) is 11.6 Å². The van der Waals surface area contributed by atoms with Crippen LogP contribution in [0.2, 0.25) is 0 Å². The number of rotatable bonds is 11. The first-order valence-corrected chi connectivity index (χ1v) is 13.4. The summed E-state index contributed by atoms with van der Waals surface area (Å²) >= 11 is 3.54. The molecule has 0 aliphatic heterocycles. The molecule has 40 heavy (non-hydrogen) atoms. The molecule has 0 radical (unpaired) electrons. The maximum Gasteiger partial charge on any atom is 0.217 e. The van der Waals surface area contributed by atoms with Crippen LogP contribution in [-0.4, -0.2) is 69.1 Å². The van der Waals surface area contributed by atoms with E-state index in [-0.39, 0.29) is 23.9 Å². The third-order valence-electron chi connectivity index (χ3n) is 6.90. The number of ether oxygens (including phenoxy) is 4. The number of fused-ring (bicyclic) bond motifs is 1. The second-order valence-corrected chi connectivity index (χ2v) is 10.6. The number of hydrogen-bond donors (Lipinski definition) is 1. The van der Waals surface area contributed by atoms with E-state index in [9.17, 15) is 5.11 Å². The number of hydrogen-bond acceptors (Lipinski definition) is 8. The number of methoxy groups -OCH3 is 4. The number of halogens is 2. The van der Waals surface area contributed by atoms with E-state index in [2.05, 4.69) is 20.9 Å². The minimum atomic E-state index is -1.62. The summed E-state index contributed by atoms with van der Waals surface area (Å²) in [6.45, 7) is 0.507. The van der Waals surface area contributed by atoms with E-state index in [0.29, 0.717) is 34.6 Å². The topological polar surface area (TPSA) is 86.2 Å². The van der Waals surface area contributed by atoms with Crippen molar-refractivity contribution in [3.63, 3.8) is 0 Å². The molecular formula is C30H33BrFN3O5. The summed E-state index contributed by atoms with van der Waals surface area (Å²) in [7, 11) is 9.77. The van der Waals surface area contributed by atoms with Gasteiger partial charge < -0.3 is 29.0 Å². The van der Waals surface area contributed by atoms with Gasteiger partial charge in [-0.2, -0.15) is 4.98 Å². The van der Waals surface area contributed by atoms with Crippen molar-refractivity contribution in [1.82, 2.24) is 14.9 Å². The zero-order chi connectivity index (χ0) is 29.0. The third-order valence-corrected chi connectivity index (χ3v) is 7.39. The molecule has 2 atom stereocenters. The Labute approximate surface area is 241 Å². The zero-order valence-corrected chi connectivity index (χ0v) is 25.0. The van der Waals surface area contributed by atoms with E-state index in [1.807, 2.05) is 43.3 Å². The maximum atomic E-state index is 15.2. The van der Waals surface area contributed by atoms with Gasteiger partial charge in [-0.25, -0.2) is 9.37 Å². The van der Waals surface area contributed by atoms with Crippen molar-refractivity contribution >= 4 is 26.8 Å². The molecule has 0 saturated carbocycles. The third kappa shape index (κ3) is 5.99. The number of pyridine rings is 2. The van der Waals surface area contributed by atoms with Gasteiger partial charge in [0.1, 0.15) is 5.60 Å². The molecule has 0 fully saturated rings. The first-order chi connectivity index (χ1) is 19.1. The van der Waals surface area contributed by atoms with Gasteiger partial charge >= 0.3 is 0 Å². The molecular weight excluding hydrogens is 581 g/mol. The van der Waals surface area contributed by atoms with E-state index in [4.69, 9.17) is 23.9 Å². The molecule has 2 heterocycles. The highest BCUT2D eigenvalue weighted by Crippen LogP contribution is 2.49. The Balaban J connectivity index is 2.09. The number of benzene rings is 2. The molecule has 10 heteroatoms. The van der Waals surface area contributed by atoms with Crippen LogP contribution in [0.15, 0.2) is 59.1 Å². The van der Waals surface area contributed by atoms with E-state index >= 15 is 4.39 Å². The maximum absolute atomic E-state index is 15.2. The molecule has 2 aromatic carbocycles. The molecule has 212 valence electrons. The Bertz CT molecular complexity index is 1480. The molecule has 0 spiro atoms. The Hall–Kier alpha value is -3.47. The second-order valence-electron chi connectivity index (χ2n) is 9.67. The van der Waals surface area contributed by atoms with Crippen molar-refractivity contribution in [2.24, 2.45) is 0 Å². The zero-order valence-electron chi connectivity index (χ0n) is 23.4. The van der Waals surface area contributed by atoms with E-state index < -0.39 is 17.3 Å². The summed E-state index contributed by atoms with van der Waals surface area (Å²) in [6, 6.07) is 15.7. The van der Waals surface area contributed by atoms with Gasteiger partial charge in [0.25, 0.3) is 0 Å². The molecule has 4 rings (SSSR count). The van der Waals surface area contributed by atoms with E-state index in [1.165, 1.54) is 34.5 Å². The van der Waals surface area contributed by atoms with Gasteiger partial charge in [-0.1, -0.05) is 22.0 Å². The minimum Gasteiger partial charge on any atom is -0.494 e. The SMILES string of the molecule is COc1cc(C(O)(CCN(C)C)C(c2ccc(OC)c(F)c2)c2cc3cc(Br)ccc3nc2OC)cc(OC)n1. The quantitative estimate of drug-likeness (QED) is 0.236. The van der Waals surface area contributed by atoms with Gasteiger partial charge in [-0.3, -0.25) is 0 Å². The monoisotopic (exact) mass is 613 g/mol. The summed E-state index contributed by atoms with van der Waals surface area (Å²) < 4.78 is 38.0. The van der Waals surface area contributed by atoms with Crippen LogP contribution in [0.3, 0.4) is 0 Å². The Morgan fingerprint density at radius 1 is 0.900 bits per heavy atom. The van der Waals surface area contributed by atoms with Crippen molar-refractivity contribution in [2.75, 3.05) is 49.1 Å². The molecule has 0 bridgehead atoms. The molecule has 0 aliphatic rings. The average Bonchev–Trinajstić information content (AvgIpc) is 2.95. The van der Waals surface area contributed by atoms with Gasteiger partial charge in [0, 0.05) is 40.0 Å². The lowest BCUT2D eigenvalue weighted by Crippen LogP contribution is -2.38. The molecule has 2 aromatic heterocycles. The first-order valence-electron chi connectivity index (χ1n) is 12.6. The summed E-state index contributed by atoms with van der Waals surface area (Å²) in [5.74, 6) is -0.447. The van der Waals surface area contributed by atoms with Crippen molar-refractivity contribution in [3.05, 3.63) is 81.6 Å². The lowest BCUT2D eigenvalue weighted by molar-refractivity contribution is 0.00323. The molecule has 2 unspecified atom stereocenters. The summed E-state index contributed by atoms with van der Waals surface area (Å²) in [5.41, 5.74) is 0.657. The van der Waals surface area contributed by atoms with Crippen LogP contribution in [0, 0.1) is 5.82 Å². The largest absolute Gasteiger partial charge is 0.494 e. The number of nitrogens with zero attached hydrogens (tertiary/aromatic N) is 3. The van der Waals surface area contributed by atoms with Crippen molar-refractivity contribution < 1.29 is 28.4 Å². The summed E-state index contributed by atoms with van der Waals surface area (Å²) in [5, 5.41) is 13.7. The predicted molar refractivity (Wildman–Crippen MR) is 155 cm³/mol. The lowest BCUT2D eigenvalue weighted by Gasteiger charge is -2.39. The highest BCUT2D eigenvalue weighted by molar-refractivity contribution is 9.10. The molecule has 0 saturated heterocycles. The second kappa shape index (κ2) is 12.4. The Kier molecular flexibility index (Phi) is 9.12. The molecule has 4 aromatic rings. The first kappa shape index (κ1) is 29.5. The van der Waals surface area contributed by atoms with Crippen LogP contribution in [0.5, 0.6) is 23.4 Å². The van der Waals surface area contributed by atoms with E-state index in [0.717, 1.165) is 9.86 Å². The Morgan fingerprint density at radius 2 is 1.60 bits per heavy atom. The van der Waals surface area contributed by atoms with Gasteiger partial charge in [0.2, 0.25) is 17.6 Å². The van der Waals surface area contributed by atoms with Gasteiger partial charge in [0.05, 0.1) is 34.0 Å². The number of aliphatic hydroxyl groups is 1. The fraction of sp³-hybridized carbons (Fsp3) is 0.333. The van der Waals surface area contributed by atoms with Crippen LogP contribution < -0.4 is 18.9 Å². The predicted octanol–water partition coefficient (Wildman–Crippen LogP) is 5.54. The molecule has 0 amide bonds. The normalized spacial score (nSPS) is 13.7. The Morgan fingerprint density at radius 3 is 2.17 bits per heavy atom. The van der Waals surface area contributed by atoms with Crippen LogP contribution in [0.25, 0.3) is 10.9 Å². The van der Waals surface area contributed by atoms with Crippen molar-refractivity contribution in [1.29, 1.82) is 0 Å². The molecule has 1 N–H and O–H groups in total. The van der Waals surface area contributed by atoms with Crippen molar-refractivity contribution in [3.8, 4) is 23.4 Å². The minimum absolute atomic E-state index is 0.0964. The fourth-order valence-corrected chi connectivity index (χ4v) is 5.26. The number of aromatic nitrogens is 2. The highest BCUT2D eigenvalue weighted by atomic mass is 79.9. The molecule has 0 aliphatic carbocycles. The molecule has 8 nitrogen and oxygen atoms in total. The van der Waals surface area contributed by atoms with Crippen LogP contribution in [0.4, 0.5) is 4.39 Å². The smallest absolute Gasteiger partial charge is 0.217 e. The summed E-state index contributed by atoms with van der Waals surface area (Å²) in [4.78, 5) is 11.1. The fourth-order valence-electron chi connectivity index (χ4n) is 4.88. The van der Waals surface area contributed by atoms with Gasteiger partial charge in [-0.15, -0.1) is 0 Å². The summed E-state index contributed by atoms with van der Waals surface area (Å²) in [6.07, 6.45) is 0.258. The lowest BCUT2D eigenvalue weighted by atomic mass is 9.71. The van der Waals surface area contributed by atoms with Crippen LogP contribution in [-0.2, 0) is 5.60 Å². The highest BCUT2D eigenvalue weighted by Gasteiger charge is 2.43.